The molecule has 0 saturated carbocycles. The van der Waals surface area contributed by atoms with Gasteiger partial charge in [0.15, 0.2) is 0 Å². The Morgan fingerprint density at radius 2 is 2.36 bits per heavy atom. The van der Waals surface area contributed by atoms with Gasteiger partial charge in [0.2, 0.25) is 0 Å². The van der Waals surface area contributed by atoms with E-state index in [1.165, 1.54) is 5.56 Å². The summed E-state index contributed by atoms with van der Waals surface area (Å²) in [6.45, 7) is 1.08. The molecule has 1 rings (SSSR count). The van der Waals surface area contributed by atoms with Crippen LogP contribution in [0, 0.1) is 0 Å². The van der Waals surface area contributed by atoms with Gasteiger partial charge in [-0.25, -0.2) is 0 Å². The first-order valence-corrected chi connectivity index (χ1v) is 4.46. The van der Waals surface area contributed by atoms with Crippen LogP contribution in [0.3, 0.4) is 0 Å². The third kappa shape index (κ3) is 7.38. The zero-order chi connectivity index (χ0) is 8.69. The maximum Gasteiger partial charge on any atom is 0.300 e. The van der Waals surface area contributed by atoms with Crippen LogP contribution in [0.1, 0.15) is 12.5 Å². The second-order valence-corrected chi connectivity index (χ2v) is 2.55. The highest BCUT2D eigenvalue weighted by Gasteiger charge is 1.85. The van der Waals surface area contributed by atoms with Crippen LogP contribution in [0.4, 0.5) is 0 Å². The second-order valence-electron chi connectivity index (χ2n) is 1.78. The lowest BCUT2D eigenvalue weighted by molar-refractivity contribution is -0.134. The average molecular weight is 268 g/mol. The topological polar surface area (TPSA) is 50.4 Å². The van der Waals surface area contributed by atoms with E-state index in [9.17, 15) is 0 Å². The minimum atomic E-state index is -0.833. The summed E-state index contributed by atoms with van der Waals surface area (Å²) < 4.78 is 5.84. The molecule has 0 atom stereocenters. The van der Waals surface area contributed by atoms with Crippen LogP contribution in [0.2, 0.25) is 0 Å². The summed E-state index contributed by atoms with van der Waals surface area (Å²) in [4.78, 5) is 9.00. The maximum absolute atomic E-state index is 9.00. The summed E-state index contributed by atoms with van der Waals surface area (Å²) in [6.07, 6.45) is 3.44. The molecule has 0 radical (unpaired) electrons. The van der Waals surface area contributed by atoms with Crippen molar-refractivity contribution in [3.05, 3.63) is 24.2 Å². The van der Waals surface area contributed by atoms with E-state index in [0.717, 1.165) is 11.4 Å². The number of hydrogen-bond acceptors (Lipinski definition) is 2. The molecule has 11 heavy (non-hydrogen) atoms. The molecule has 0 fully saturated rings. The quantitative estimate of drug-likeness (QED) is 0.628. The molecule has 62 valence electrons. The van der Waals surface area contributed by atoms with Gasteiger partial charge in [-0.05, 0) is 11.6 Å². The highest BCUT2D eigenvalue weighted by molar-refractivity contribution is 14.1. The van der Waals surface area contributed by atoms with Crippen molar-refractivity contribution in [2.24, 2.45) is 0 Å². The van der Waals surface area contributed by atoms with Crippen LogP contribution in [0.25, 0.3) is 0 Å². The van der Waals surface area contributed by atoms with Gasteiger partial charge in [0, 0.05) is 11.4 Å². The Balaban J connectivity index is 0.000000218. The fraction of sp³-hybridized carbons (Fsp3) is 0.286. The second kappa shape index (κ2) is 6.21. The lowest BCUT2D eigenvalue weighted by Gasteiger charge is -1.75. The third-order valence-corrected chi connectivity index (χ3v) is 1.62. The molecule has 1 N–H and O–H groups in total. The van der Waals surface area contributed by atoms with E-state index >= 15 is 0 Å². The van der Waals surface area contributed by atoms with Gasteiger partial charge in [-0.2, -0.15) is 0 Å². The van der Waals surface area contributed by atoms with E-state index in [2.05, 4.69) is 22.6 Å². The molecule has 4 heteroatoms. The molecule has 0 bridgehead atoms. The molecule has 0 aliphatic heterocycles. The first kappa shape index (κ1) is 10.5. The fourth-order valence-electron chi connectivity index (χ4n) is 0.369. The van der Waals surface area contributed by atoms with E-state index in [-0.39, 0.29) is 0 Å². The number of carbonyl (C=O) groups is 1. The van der Waals surface area contributed by atoms with Crippen LogP contribution in [-0.4, -0.2) is 11.1 Å². The largest absolute Gasteiger partial charge is 0.481 e. The molecule has 3 nitrogen and oxygen atoms in total. The number of rotatable bonds is 1. The predicted molar refractivity (Wildman–Crippen MR) is 49.7 cm³/mol. The Morgan fingerprint density at radius 3 is 2.55 bits per heavy atom. The van der Waals surface area contributed by atoms with Crippen molar-refractivity contribution < 1.29 is 14.3 Å². The first-order chi connectivity index (χ1) is 5.16. The van der Waals surface area contributed by atoms with E-state index in [1.807, 2.05) is 6.07 Å². The van der Waals surface area contributed by atoms with E-state index in [0.29, 0.717) is 0 Å². The lowest BCUT2D eigenvalue weighted by atomic mass is 10.4. The van der Waals surface area contributed by atoms with Gasteiger partial charge in [-0.3, -0.25) is 4.79 Å². The standard InChI is InChI=1S/C5H5IO.C2H4O2/c6-3-5-1-2-7-4-5;1-2(3)4/h1-2,4H,3H2;1H3,(H,3,4). The summed E-state index contributed by atoms with van der Waals surface area (Å²) in [5.74, 6) is -0.833. The first-order valence-electron chi connectivity index (χ1n) is 2.93. The normalized spacial score (nSPS) is 8.18. The van der Waals surface area contributed by atoms with E-state index in [4.69, 9.17) is 14.3 Å². The Hall–Kier alpha value is -0.520. The van der Waals surface area contributed by atoms with Crippen molar-refractivity contribution in [2.75, 3.05) is 0 Å². The maximum atomic E-state index is 9.00. The number of alkyl halides is 1. The van der Waals surface area contributed by atoms with Crippen LogP contribution in [-0.2, 0) is 9.22 Å². The zero-order valence-corrected chi connectivity index (χ0v) is 8.24. The molecular weight excluding hydrogens is 259 g/mol. The molecule has 0 amide bonds. The van der Waals surface area contributed by atoms with E-state index in [1.54, 1.807) is 12.5 Å². The SMILES string of the molecule is CC(=O)O.ICc1ccoc1. The number of carboxylic acids is 1. The molecule has 0 saturated heterocycles. The van der Waals surface area contributed by atoms with Crippen LogP contribution < -0.4 is 0 Å². The fourth-order valence-corrected chi connectivity index (χ4v) is 0.803. The molecule has 0 unspecified atom stereocenters. The van der Waals surface area contributed by atoms with Crippen molar-refractivity contribution in [3.8, 4) is 0 Å². The molecule has 0 aliphatic carbocycles. The van der Waals surface area contributed by atoms with Crippen molar-refractivity contribution >= 4 is 28.6 Å². The molecule has 1 heterocycles. The van der Waals surface area contributed by atoms with E-state index < -0.39 is 5.97 Å². The zero-order valence-electron chi connectivity index (χ0n) is 6.08. The van der Waals surface area contributed by atoms with Crippen LogP contribution in [0.5, 0.6) is 0 Å². The average Bonchev–Trinajstić information content (AvgIpc) is 2.36. The molecule has 0 aromatic carbocycles. The molecule has 0 spiro atoms. The number of aliphatic carboxylic acids is 1. The Bertz CT molecular complexity index is 189. The van der Waals surface area contributed by atoms with Gasteiger partial charge in [-0.15, -0.1) is 0 Å². The lowest BCUT2D eigenvalue weighted by Crippen LogP contribution is -1.78. The molecular formula is C7H9IO3. The number of halogens is 1. The van der Waals surface area contributed by atoms with Gasteiger partial charge in [0.25, 0.3) is 5.97 Å². The molecule has 1 aromatic heterocycles. The molecule has 0 aliphatic rings. The van der Waals surface area contributed by atoms with Gasteiger partial charge in [0.05, 0.1) is 12.5 Å². The van der Waals surface area contributed by atoms with Crippen LogP contribution in [0.15, 0.2) is 23.0 Å². The van der Waals surface area contributed by atoms with Crippen LogP contribution >= 0.6 is 22.6 Å². The van der Waals surface area contributed by atoms with Crippen molar-refractivity contribution in [1.29, 1.82) is 0 Å². The van der Waals surface area contributed by atoms with Crippen molar-refractivity contribution in [3.63, 3.8) is 0 Å². The number of furan rings is 1. The Kier molecular flexibility index (Phi) is 5.91. The number of hydrogen-bond donors (Lipinski definition) is 1. The van der Waals surface area contributed by atoms with Crippen molar-refractivity contribution in [2.45, 2.75) is 11.4 Å². The summed E-state index contributed by atoms with van der Waals surface area (Å²) in [7, 11) is 0. The highest BCUT2D eigenvalue weighted by atomic mass is 127. The number of carboxylic acid groups (broad SMARTS) is 1. The summed E-state index contributed by atoms with van der Waals surface area (Å²) in [5.41, 5.74) is 1.25. The minimum absolute atomic E-state index is 0.833. The Morgan fingerprint density at radius 1 is 1.82 bits per heavy atom. The summed E-state index contributed by atoms with van der Waals surface area (Å²) in [5, 5.41) is 7.42. The highest BCUT2D eigenvalue weighted by Crippen LogP contribution is 2.04. The summed E-state index contributed by atoms with van der Waals surface area (Å²) in [6, 6.07) is 1.96. The third-order valence-electron chi connectivity index (χ3n) is 0.734. The van der Waals surface area contributed by atoms with Gasteiger partial charge < -0.3 is 9.52 Å². The molecule has 1 aromatic rings. The summed E-state index contributed by atoms with van der Waals surface area (Å²) >= 11 is 2.29. The monoisotopic (exact) mass is 268 g/mol. The van der Waals surface area contributed by atoms with Gasteiger partial charge >= 0.3 is 0 Å². The minimum Gasteiger partial charge on any atom is -0.481 e. The van der Waals surface area contributed by atoms with Crippen molar-refractivity contribution in [1.82, 2.24) is 0 Å². The van der Waals surface area contributed by atoms with Gasteiger partial charge in [0.1, 0.15) is 0 Å². The van der Waals surface area contributed by atoms with Gasteiger partial charge in [-0.1, -0.05) is 22.6 Å². The predicted octanol–water partition coefficient (Wildman–Crippen LogP) is 2.31. The Labute approximate surface area is 78.5 Å². The smallest absolute Gasteiger partial charge is 0.300 e.